The monoisotopic (exact) mass is 328 g/mol. The summed E-state index contributed by atoms with van der Waals surface area (Å²) in [6, 6.07) is 5.48. The maximum atomic E-state index is 10.7. The van der Waals surface area contributed by atoms with Crippen LogP contribution in [0.5, 0.6) is 5.75 Å². The van der Waals surface area contributed by atoms with Gasteiger partial charge in [0.25, 0.3) is 0 Å². The maximum Gasteiger partial charge on any atom is 0.404 e. The average Bonchev–Trinajstić information content (AvgIpc) is 2.34. The first-order valence-electron chi connectivity index (χ1n) is 6.22. The van der Waals surface area contributed by atoms with Gasteiger partial charge in [0, 0.05) is 5.69 Å². The maximum absolute atomic E-state index is 10.7. The molecule has 0 radical (unpaired) electrons. The summed E-state index contributed by atoms with van der Waals surface area (Å²) in [6.07, 6.45) is 2.59. The number of benzene rings is 1. The van der Waals surface area contributed by atoms with E-state index < -0.39 is 6.09 Å². The highest BCUT2D eigenvalue weighted by Gasteiger charge is 2.24. The Balaban J connectivity index is 1.87. The van der Waals surface area contributed by atoms with E-state index in [1.165, 1.54) is 0 Å². The highest BCUT2D eigenvalue weighted by Crippen LogP contribution is 2.31. The first kappa shape index (κ1) is 14.0. The number of hydrogen-bond acceptors (Lipinski definition) is 4. The number of nitrogen functional groups attached to an aromatic ring is 1. The third kappa shape index (κ3) is 4.02. The highest BCUT2D eigenvalue weighted by atomic mass is 79.9. The van der Waals surface area contributed by atoms with Crippen molar-refractivity contribution in [3.05, 3.63) is 22.7 Å². The molecule has 0 heterocycles. The third-order valence-electron chi connectivity index (χ3n) is 3.15. The molecule has 1 fully saturated rings. The van der Waals surface area contributed by atoms with Gasteiger partial charge in [0.15, 0.2) is 0 Å². The van der Waals surface area contributed by atoms with Gasteiger partial charge in [0.2, 0.25) is 0 Å². The van der Waals surface area contributed by atoms with Crippen LogP contribution >= 0.6 is 15.9 Å². The molecule has 104 valence electrons. The molecule has 19 heavy (non-hydrogen) atoms. The van der Waals surface area contributed by atoms with Crippen LogP contribution in [-0.4, -0.2) is 18.3 Å². The molecular weight excluding hydrogens is 312 g/mol. The molecule has 1 aliphatic carbocycles. The normalized spacial score (nSPS) is 22.8. The average molecular weight is 329 g/mol. The molecule has 1 aromatic carbocycles. The molecular formula is C13H17BrN2O3. The minimum atomic E-state index is -0.703. The predicted molar refractivity (Wildman–Crippen MR) is 75.9 cm³/mol. The number of nitrogens with two attached hydrogens (primary N) is 2. The quantitative estimate of drug-likeness (QED) is 0.835. The highest BCUT2D eigenvalue weighted by molar-refractivity contribution is 9.10. The molecule has 1 aliphatic rings. The Morgan fingerprint density at radius 2 is 1.84 bits per heavy atom. The van der Waals surface area contributed by atoms with E-state index in [-0.39, 0.29) is 12.2 Å². The van der Waals surface area contributed by atoms with Crippen LogP contribution in [-0.2, 0) is 4.74 Å². The first-order chi connectivity index (χ1) is 9.04. The van der Waals surface area contributed by atoms with Crippen LogP contribution in [0, 0.1) is 0 Å². The summed E-state index contributed by atoms with van der Waals surface area (Å²) in [5, 5.41) is 0. The molecule has 0 unspecified atom stereocenters. The molecule has 4 N–H and O–H groups in total. The summed E-state index contributed by atoms with van der Waals surface area (Å²) in [4.78, 5) is 10.7. The minimum absolute atomic E-state index is 0.0767. The molecule has 0 aromatic heterocycles. The smallest absolute Gasteiger partial charge is 0.404 e. The molecule has 5 nitrogen and oxygen atoms in total. The van der Waals surface area contributed by atoms with E-state index in [1.54, 1.807) is 0 Å². The number of carbonyl (C=O) groups is 1. The van der Waals surface area contributed by atoms with Gasteiger partial charge in [-0.15, -0.1) is 0 Å². The number of ether oxygens (including phenoxy) is 2. The second-order valence-corrected chi connectivity index (χ2v) is 5.50. The van der Waals surface area contributed by atoms with Crippen LogP contribution in [0.25, 0.3) is 0 Å². The Hall–Kier alpha value is -1.43. The van der Waals surface area contributed by atoms with Crippen LogP contribution in [0.1, 0.15) is 25.7 Å². The number of amides is 1. The standard InChI is InChI=1S/C13H17BrN2O3/c14-11-7-8(15)1-6-12(11)18-9-2-4-10(5-3-9)19-13(16)17/h1,6-7,9-10H,2-5,15H2,(H2,16,17)/t9-,10-. The number of anilines is 1. The Morgan fingerprint density at radius 3 is 2.42 bits per heavy atom. The fraction of sp³-hybridized carbons (Fsp3) is 0.462. The van der Waals surface area contributed by atoms with Crippen molar-refractivity contribution in [2.24, 2.45) is 5.73 Å². The van der Waals surface area contributed by atoms with Gasteiger partial charge in [0.05, 0.1) is 10.6 Å². The van der Waals surface area contributed by atoms with Crippen LogP contribution in [0.15, 0.2) is 22.7 Å². The SMILES string of the molecule is NC(=O)O[C@H]1CC[C@H](Oc2ccc(N)cc2Br)CC1. The Morgan fingerprint density at radius 1 is 1.21 bits per heavy atom. The van der Waals surface area contributed by atoms with Crippen molar-refractivity contribution in [1.29, 1.82) is 0 Å². The number of carbonyl (C=O) groups excluding carboxylic acids is 1. The van der Waals surface area contributed by atoms with Crippen molar-refractivity contribution in [2.45, 2.75) is 37.9 Å². The summed E-state index contributed by atoms with van der Waals surface area (Å²) in [5.41, 5.74) is 11.4. The van der Waals surface area contributed by atoms with E-state index >= 15 is 0 Å². The molecule has 0 spiro atoms. The van der Waals surface area contributed by atoms with Crippen molar-refractivity contribution in [3.8, 4) is 5.75 Å². The zero-order valence-electron chi connectivity index (χ0n) is 10.5. The Kier molecular flexibility index (Phi) is 4.52. The molecule has 0 atom stereocenters. The molecule has 0 bridgehead atoms. The third-order valence-corrected chi connectivity index (χ3v) is 3.77. The molecule has 2 rings (SSSR count). The van der Waals surface area contributed by atoms with Crippen LogP contribution in [0.2, 0.25) is 0 Å². The molecule has 0 saturated heterocycles. The minimum Gasteiger partial charge on any atom is -0.489 e. The topological polar surface area (TPSA) is 87.6 Å². The lowest BCUT2D eigenvalue weighted by Gasteiger charge is -2.28. The lowest BCUT2D eigenvalue weighted by Crippen LogP contribution is -2.31. The van der Waals surface area contributed by atoms with Gasteiger partial charge in [-0.3, -0.25) is 0 Å². The second-order valence-electron chi connectivity index (χ2n) is 4.64. The van der Waals surface area contributed by atoms with Crippen LogP contribution < -0.4 is 16.2 Å². The lowest BCUT2D eigenvalue weighted by molar-refractivity contribution is 0.0467. The fourth-order valence-corrected chi connectivity index (χ4v) is 2.71. The van der Waals surface area contributed by atoms with Gasteiger partial charge in [0.1, 0.15) is 11.9 Å². The zero-order chi connectivity index (χ0) is 13.8. The van der Waals surface area contributed by atoms with E-state index in [4.69, 9.17) is 20.9 Å². The van der Waals surface area contributed by atoms with E-state index in [2.05, 4.69) is 15.9 Å². The molecule has 0 aliphatic heterocycles. The number of primary amides is 1. The number of halogens is 1. The molecule has 6 heteroatoms. The van der Waals surface area contributed by atoms with Crippen LogP contribution in [0.3, 0.4) is 0 Å². The fourth-order valence-electron chi connectivity index (χ4n) is 2.22. The largest absolute Gasteiger partial charge is 0.489 e. The Labute approximate surface area is 120 Å². The van der Waals surface area contributed by atoms with E-state index in [0.29, 0.717) is 5.69 Å². The van der Waals surface area contributed by atoms with Crippen molar-refractivity contribution in [1.82, 2.24) is 0 Å². The van der Waals surface area contributed by atoms with Gasteiger partial charge in [-0.1, -0.05) is 0 Å². The molecule has 1 amide bonds. The molecule has 1 saturated carbocycles. The summed E-state index contributed by atoms with van der Waals surface area (Å²) >= 11 is 3.43. The Bertz CT molecular complexity index is 459. The van der Waals surface area contributed by atoms with Crippen molar-refractivity contribution >= 4 is 27.7 Å². The summed E-state index contributed by atoms with van der Waals surface area (Å²) in [6.45, 7) is 0. The van der Waals surface area contributed by atoms with Crippen LogP contribution in [0.4, 0.5) is 10.5 Å². The van der Waals surface area contributed by atoms with Gasteiger partial charge in [-0.2, -0.15) is 0 Å². The van der Waals surface area contributed by atoms with Crippen molar-refractivity contribution < 1.29 is 14.3 Å². The van der Waals surface area contributed by atoms with Gasteiger partial charge >= 0.3 is 6.09 Å². The first-order valence-corrected chi connectivity index (χ1v) is 7.01. The van der Waals surface area contributed by atoms with Gasteiger partial charge in [-0.05, 0) is 59.8 Å². The summed E-state index contributed by atoms with van der Waals surface area (Å²) in [5.74, 6) is 0.786. The molecule has 1 aromatic rings. The van der Waals surface area contributed by atoms with Crippen molar-refractivity contribution in [3.63, 3.8) is 0 Å². The van der Waals surface area contributed by atoms with E-state index in [9.17, 15) is 4.79 Å². The zero-order valence-corrected chi connectivity index (χ0v) is 12.1. The van der Waals surface area contributed by atoms with Gasteiger partial charge in [-0.25, -0.2) is 4.79 Å². The van der Waals surface area contributed by atoms with E-state index in [1.807, 2.05) is 18.2 Å². The lowest BCUT2D eigenvalue weighted by atomic mass is 9.95. The summed E-state index contributed by atoms with van der Waals surface area (Å²) in [7, 11) is 0. The van der Waals surface area contributed by atoms with Crippen molar-refractivity contribution in [2.75, 3.05) is 5.73 Å². The van der Waals surface area contributed by atoms with E-state index in [0.717, 1.165) is 35.9 Å². The second kappa shape index (κ2) is 6.14. The predicted octanol–water partition coefficient (Wildman–Crippen LogP) is 2.82. The summed E-state index contributed by atoms with van der Waals surface area (Å²) < 4.78 is 11.8. The van der Waals surface area contributed by atoms with Gasteiger partial charge < -0.3 is 20.9 Å². The number of rotatable bonds is 3. The number of hydrogen-bond donors (Lipinski definition) is 2.